The number of rotatable bonds is 3. The van der Waals surface area contributed by atoms with Crippen LogP contribution in [0.15, 0.2) is 6.20 Å². The van der Waals surface area contributed by atoms with E-state index in [1.165, 1.54) is 0 Å². The van der Waals surface area contributed by atoms with Crippen LogP contribution in [-0.2, 0) is 11.3 Å². The summed E-state index contributed by atoms with van der Waals surface area (Å²) in [5.74, 6) is -0.786. The molecule has 20 heavy (non-hydrogen) atoms. The molecule has 0 saturated carbocycles. The van der Waals surface area contributed by atoms with Crippen molar-refractivity contribution < 1.29 is 14.7 Å². The Morgan fingerprint density at radius 3 is 2.65 bits per heavy atom. The normalized spacial score (nSPS) is 17.8. The van der Waals surface area contributed by atoms with Gasteiger partial charge in [0.15, 0.2) is 0 Å². The fourth-order valence-corrected chi connectivity index (χ4v) is 2.25. The number of amides is 2. The fourth-order valence-electron chi connectivity index (χ4n) is 2.25. The number of hydrogen-bond acceptors (Lipinski definition) is 3. The summed E-state index contributed by atoms with van der Waals surface area (Å²) >= 11 is 0. The molecule has 2 amide bonds. The van der Waals surface area contributed by atoms with Crippen molar-refractivity contribution in [2.24, 2.45) is 5.41 Å². The van der Waals surface area contributed by atoms with Gasteiger partial charge in [-0.25, -0.2) is 4.79 Å². The van der Waals surface area contributed by atoms with Crippen molar-refractivity contribution in [2.45, 2.75) is 33.2 Å². The lowest BCUT2D eigenvalue weighted by molar-refractivity contribution is -0.150. The van der Waals surface area contributed by atoms with Crippen LogP contribution in [0.1, 0.15) is 31.0 Å². The minimum atomic E-state index is -0.786. The Bertz CT molecular complexity index is 503. The van der Waals surface area contributed by atoms with E-state index < -0.39 is 11.4 Å². The topological polar surface area (TPSA) is 98.3 Å². The maximum absolute atomic E-state index is 12.0. The van der Waals surface area contributed by atoms with Crippen molar-refractivity contribution in [3.05, 3.63) is 17.5 Å². The van der Waals surface area contributed by atoms with E-state index in [4.69, 9.17) is 5.11 Å². The van der Waals surface area contributed by atoms with Gasteiger partial charge in [-0.15, -0.1) is 0 Å². The van der Waals surface area contributed by atoms with Crippen LogP contribution in [0.5, 0.6) is 0 Å². The van der Waals surface area contributed by atoms with Crippen LogP contribution < -0.4 is 5.32 Å². The van der Waals surface area contributed by atoms with Crippen molar-refractivity contribution in [3.63, 3.8) is 0 Å². The van der Waals surface area contributed by atoms with E-state index in [1.807, 2.05) is 6.92 Å². The first-order valence-electron chi connectivity index (χ1n) is 6.67. The van der Waals surface area contributed by atoms with Crippen molar-refractivity contribution in [1.82, 2.24) is 20.4 Å². The highest BCUT2D eigenvalue weighted by Crippen LogP contribution is 2.30. The van der Waals surface area contributed by atoms with E-state index in [-0.39, 0.29) is 6.03 Å². The molecule has 7 heteroatoms. The predicted molar refractivity (Wildman–Crippen MR) is 72.1 cm³/mol. The van der Waals surface area contributed by atoms with Crippen LogP contribution in [0.25, 0.3) is 0 Å². The number of carbonyl (C=O) groups excluding carboxylic acids is 1. The number of nitrogens with zero attached hydrogens (tertiary/aromatic N) is 2. The second-order valence-electron chi connectivity index (χ2n) is 5.53. The first kappa shape index (κ1) is 14.4. The smallest absolute Gasteiger partial charge is 0.317 e. The number of nitrogens with one attached hydrogen (secondary N) is 2. The minimum Gasteiger partial charge on any atom is -0.481 e. The lowest BCUT2D eigenvalue weighted by Gasteiger charge is -2.36. The van der Waals surface area contributed by atoms with Crippen LogP contribution in [0.2, 0.25) is 0 Å². The summed E-state index contributed by atoms with van der Waals surface area (Å²) in [5.41, 5.74) is 1.17. The molecule has 0 aromatic carbocycles. The van der Waals surface area contributed by atoms with Gasteiger partial charge < -0.3 is 15.3 Å². The highest BCUT2D eigenvalue weighted by molar-refractivity contribution is 5.77. The van der Waals surface area contributed by atoms with Crippen LogP contribution in [-0.4, -0.2) is 45.3 Å². The molecule has 0 bridgehead atoms. The standard InChI is InChI=1S/C13H20N4O3/c1-9-10(8-15-16-9)7-14-12(20)17-5-3-13(2,4-6-17)11(18)19/h8H,3-7H2,1-2H3,(H,14,20)(H,15,16)(H,18,19). The van der Waals surface area contributed by atoms with Gasteiger partial charge in [0, 0.05) is 30.9 Å². The summed E-state index contributed by atoms with van der Waals surface area (Å²) in [6.07, 6.45) is 2.66. The van der Waals surface area contributed by atoms with E-state index >= 15 is 0 Å². The molecule has 0 spiro atoms. The lowest BCUT2D eigenvalue weighted by Crippen LogP contribution is -2.48. The molecule has 1 fully saturated rings. The second-order valence-corrected chi connectivity index (χ2v) is 5.53. The number of urea groups is 1. The zero-order valence-electron chi connectivity index (χ0n) is 11.8. The number of carboxylic acid groups (broad SMARTS) is 1. The molecule has 0 radical (unpaired) electrons. The number of carboxylic acids is 1. The molecule has 7 nitrogen and oxygen atoms in total. The first-order valence-corrected chi connectivity index (χ1v) is 6.67. The van der Waals surface area contributed by atoms with Gasteiger partial charge in [-0.2, -0.15) is 5.10 Å². The van der Waals surface area contributed by atoms with Crippen molar-refractivity contribution in [3.8, 4) is 0 Å². The third-order valence-corrected chi connectivity index (χ3v) is 4.03. The van der Waals surface area contributed by atoms with Crippen LogP contribution in [0.4, 0.5) is 4.79 Å². The van der Waals surface area contributed by atoms with E-state index in [2.05, 4.69) is 15.5 Å². The quantitative estimate of drug-likeness (QED) is 0.772. The summed E-state index contributed by atoms with van der Waals surface area (Å²) < 4.78 is 0. The van der Waals surface area contributed by atoms with Gasteiger partial charge in [0.1, 0.15) is 0 Å². The number of H-pyrrole nitrogens is 1. The zero-order valence-corrected chi connectivity index (χ0v) is 11.8. The molecule has 2 heterocycles. The Kier molecular flexibility index (Phi) is 3.96. The van der Waals surface area contributed by atoms with Gasteiger partial charge in [0.05, 0.1) is 11.6 Å². The average molecular weight is 280 g/mol. The second kappa shape index (κ2) is 5.52. The number of aromatic amines is 1. The molecule has 1 aromatic heterocycles. The Morgan fingerprint density at radius 2 is 2.15 bits per heavy atom. The molecule has 0 unspecified atom stereocenters. The lowest BCUT2D eigenvalue weighted by atomic mass is 9.80. The molecule has 1 aliphatic heterocycles. The molecular formula is C13H20N4O3. The number of piperidine rings is 1. The van der Waals surface area contributed by atoms with Crippen LogP contribution in [0.3, 0.4) is 0 Å². The van der Waals surface area contributed by atoms with Gasteiger partial charge in [0.2, 0.25) is 0 Å². The summed E-state index contributed by atoms with van der Waals surface area (Å²) in [4.78, 5) is 24.8. The Hall–Kier alpha value is -2.05. The van der Waals surface area contributed by atoms with Gasteiger partial charge in [-0.3, -0.25) is 9.89 Å². The zero-order chi connectivity index (χ0) is 14.8. The molecule has 1 aromatic rings. The first-order chi connectivity index (χ1) is 9.42. The largest absolute Gasteiger partial charge is 0.481 e. The molecule has 1 aliphatic rings. The Labute approximate surface area is 117 Å². The van der Waals surface area contributed by atoms with Crippen LogP contribution >= 0.6 is 0 Å². The Morgan fingerprint density at radius 1 is 1.50 bits per heavy atom. The van der Waals surface area contributed by atoms with Gasteiger partial charge in [-0.05, 0) is 26.7 Å². The summed E-state index contributed by atoms with van der Waals surface area (Å²) in [6, 6.07) is -0.155. The minimum absolute atomic E-state index is 0.155. The average Bonchev–Trinajstić information content (AvgIpc) is 2.82. The van der Waals surface area contributed by atoms with E-state index in [0.29, 0.717) is 32.5 Å². The molecular weight excluding hydrogens is 260 g/mol. The molecule has 0 atom stereocenters. The maximum Gasteiger partial charge on any atom is 0.317 e. The van der Waals surface area contributed by atoms with E-state index in [9.17, 15) is 9.59 Å². The predicted octanol–water partition coefficient (Wildman–Crippen LogP) is 1.11. The number of aliphatic carboxylic acids is 1. The number of aromatic nitrogens is 2. The summed E-state index contributed by atoms with van der Waals surface area (Å²) in [6.45, 7) is 5.00. The Balaban J connectivity index is 1.83. The molecule has 3 N–H and O–H groups in total. The summed E-state index contributed by atoms with van der Waals surface area (Å²) in [5, 5.41) is 18.7. The van der Waals surface area contributed by atoms with Gasteiger partial charge in [-0.1, -0.05) is 0 Å². The highest BCUT2D eigenvalue weighted by atomic mass is 16.4. The van der Waals surface area contributed by atoms with E-state index in [1.54, 1.807) is 18.0 Å². The third kappa shape index (κ3) is 2.92. The SMILES string of the molecule is Cc1[nH]ncc1CNC(=O)N1CCC(C)(C(=O)O)CC1. The molecule has 0 aliphatic carbocycles. The molecule has 2 rings (SSSR count). The maximum atomic E-state index is 12.0. The summed E-state index contributed by atoms with van der Waals surface area (Å²) in [7, 11) is 0. The molecule has 110 valence electrons. The van der Waals surface area contributed by atoms with Crippen LogP contribution in [0, 0.1) is 12.3 Å². The van der Waals surface area contributed by atoms with Crippen molar-refractivity contribution in [2.75, 3.05) is 13.1 Å². The van der Waals surface area contributed by atoms with E-state index in [0.717, 1.165) is 11.3 Å². The van der Waals surface area contributed by atoms with Gasteiger partial charge >= 0.3 is 12.0 Å². The van der Waals surface area contributed by atoms with Crippen molar-refractivity contribution >= 4 is 12.0 Å². The number of hydrogen-bond donors (Lipinski definition) is 3. The number of likely N-dealkylation sites (tertiary alicyclic amines) is 1. The fraction of sp³-hybridized carbons (Fsp3) is 0.615. The number of carbonyl (C=O) groups is 2. The third-order valence-electron chi connectivity index (χ3n) is 4.03. The molecule has 1 saturated heterocycles. The van der Waals surface area contributed by atoms with Crippen molar-refractivity contribution in [1.29, 1.82) is 0 Å². The monoisotopic (exact) mass is 280 g/mol. The van der Waals surface area contributed by atoms with Gasteiger partial charge in [0.25, 0.3) is 0 Å². The number of aryl methyl sites for hydroxylation is 1. The highest BCUT2D eigenvalue weighted by Gasteiger charge is 2.37.